The first kappa shape index (κ1) is 12.9. The fraction of sp³-hybridized carbons (Fsp3) is 0.273. The Balaban J connectivity index is 2.49. The van der Waals surface area contributed by atoms with Crippen LogP contribution in [-0.2, 0) is 6.42 Å². The fourth-order valence-electron chi connectivity index (χ4n) is 1.44. The van der Waals surface area contributed by atoms with E-state index in [0.29, 0.717) is 21.9 Å². The molecule has 0 saturated heterocycles. The van der Waals surface area contributed by atoms with Gasteiger partial charge in [-0.15, -0.1) is 0 Å². The molecule has 17 heavy (non-hydrogen) atoms. The van der Waals surface area contributed by atoms with Crippen molar-refractivity contribution in [2.45, 2.75) is 19.8 Å². The second-order valence-corrected chi connectivity index (χ2v) is 5.03. The quantitative estimate of drug-likeness (QED) is 0.759. The minimum atomic E-state index is 0.380. The van der Waals surface area contributed by atoms with Crippen LogP contribution in [0.4, 0.5) is 0 Å². The molecule has 0 amide bonds. The third-order valence-electron chi connectivity index (χ3n) is 2.23. The lowest BCUT2D eigenvalue weighted by atomic mass is 10.2. The van der Waals surface area contributed by atoms with Crippen LogP contribution in [0.2, 0.25) is 10.3 Å². The van der Waals surface area contributed by atoms with Gasteiger partial charge in [0, 0.05) is 5.56 Å². The van der Waals surface area contributed by atoms with Gasteiger partial charge in [0.2, 0.25) is 0 Å². The van der Waals surface area contributed by atoms with E-state index in [2.05, 4.69) is 25.9 Å². The monoisotopic (exact) mass is 334 g/mol. The Labute approximate surface area is 117 Å². The first-order chi connectivity index (χ1) is 8.13. The number of furan rings is 1. The Kier molecular flexibility index (Phi) is 4.07. The molecule has 90 valence electrons. The highest BCUT2D eigenvalue weighted by Gasteiger charge is 2.15. The standard InChI is InChI=1S/C11H9BrCl2N2O/c1-2-3-6-9(13)15-11(16-10(6)14)8-7(12)4-5-17-8/h4-5H,2-3H2,1H3. The lowest BCUT2D eigenvalue weighted by molar-refractivity contribution is 0.576. The number of nitrogens with zero attached hydrogens (tertiary/aromatic N) is 2. The van der Waals surface area contributed by atoms with Crippen molar-refractivity contribution in [3.8, 4) is 11.6 Å². The molecule has 0 spiro atoms. The first-order valence-corrected chi connectivity index (χ1v) is 6.63. The fourth-order valence-corrected chi connectivity index (χ4v) is 2.40. The second-order valence-electron chi connectivity index (χ2n) is 3.46. The van der Waals surface area contributed by atoms with Crippen molar-refractivity contribution in [3.63, 3.8) is 0 Å². The summed E-state index contributed by atoms with van der Waals surface area (Å²) < 4.78 is 6.04. The van der Waals surface area contributed by atoms with Crippen LogP contribution < -0.4 is 0 Å². The van der Waals surface area contributed by atoms with Crippen molar-refractivity contribution in [3.05, 3.63) is 32.7 Å². The van der Waals surface area contributed by atoms with Crippen molar-refractivity contribution in [2.24, 2.45) is 0 Å². The molecule has 2 rings (SSSR count). The smallest absolute Gasteiger partial charge is 0.199 e. The highest BCUT2D eigenvalue weighted by molar-refractivity contribution is 9.10. The Bertz CT molecular complexity index is 519. The molecule has 3 nitrogen and oxygen atoms in total. The predicted molar refractivity (Wildman–Crippen MR) is 71.4 cm³/mol. The Hall–Kier alpha value is -0.580. The Morgan fingerprint density at radius 2 is 1.94 bits per heavy atom. The summed E-state index contributed by atoms with van der Waals surface area (Å²) >= 11 is 15.5. The minimum Gasteiger partial charge on any atom is -0.460 e. The molecule has 0 aromatic carbocycles. The van der Waals surface area contributed by atoms with Crippen LogP contribution in [0.1, 0.15) is 18.9 Å². The van der Waals surface area contributed by atoms with Gasteiger partial charge < -0.3 is 4.42 Å². The van der Waals surface area contributed by atoms with Crippen LogP contribution in [0, 0.1) is 0 Å². The number of halogens is 3. The van der Waals surface area contributed by atoms with E-state index < -0.39 is 0 Å². The van der Waals surface area contributed by atoms with Gasteiger partial charge in [-0.05, 0) is 28.4 Å². The molecule has 2 aromatic heterocycles. The van der Waals surface area contributed by atoms with Crippen LogP contribution in [-0.4, -0.2) is 9.97 Å². The van der Waals surface area contributed by atoms with Crippen LogP contribution in [0.3, 0.4) is 0 Å². The van der Waals surface area contributed by atoms with Crippen LogP contribution in [0.15, 0.2) is 21.2 Å². The average molecular weight is 336 g/mol. The molecule has 0 aliphatic heterocycles. The van der Waals surface area contributed by atoms with Gasteiger partial charge in [-0.2, -0.15) is 0 Å². The zero-order chi connectivity index (χ0) is 12.4. The molecular weight excluding hydrogens is 327 g/mol. The third-order valence-corrected chi connectivity index (χ3v) is 3.48. The van der Waals surface area contributed by atoms with Gasteiger partial charge in [-0.3, -0.25) is 0 Å². The maximum absolute atomic E-state index is 6.09. The van der Waals surface area contributed by atoms with Gasteiger partial charge in [0.1, 0.15) is 10.3 Å². The van der Waals surface area contributed by atoms with Crippen LogP contribution in [0.25, 0.3) is 11.6 Å². The summed E-state index contributed by atoms with van der Waals surface area (Å²) in [4.78, 5) is 8.40. The van der Waals surface area contributed by atoms with E-state index in [1.165, 1.54) is 0 Å². The molecule has 0 N–H and O–H groups in total. The molecule has 0 saturated carbocycles. The Morgan fingerprint density at radius 1 is 1.29 bits per heavy atom. The van der Waals surface area contributed by atoms with Crippen LogP contribution in [0.5, 0.6) is 0 Å². The van der Waals surface area contributed by atoms with Gasteiger partial charge in [0.15, 0.2) is 11.6 Å². The number of aromatic nitrogens is 2. The summed E-state index contributed by atoms with van der Waals surface area (Å²) in [5.41, 5.74) is 0.780. The summed E-state index contributed by atoms with van der Waals surface area (Å²) in [5, 5.41) is 0.760. The van der Waals surface area contributed by atoms with Crippen molar-refractivity contribution in [2.75, 3.05) is 0 Å². The molecule has 0 aliphatic rings. The van der Waals surface area contributed by atoms with Crippen molar-refractivity contribution < 1.29 is 4.42 Å². The third kappa shape index (κ3) is 2.64. The molecular formula is C11H9BrCl2N2O. The highest BCUT2D eigenvalue weighted by atomic mass is 79.9. The maximum atomic E-state index is 6.09. The number of rotatable bonds is 3. The summed E-state index contributed by atoms with van der Waals surface area (Å²) in [6.07, 6.45) is 3.24. The maximum Gasteiger partial charge on any atom is 0.199 e. The second kappa shape index (κ2) is 5.38. The van der Waals surface area contributed by atoms with Crippen molar-refractivity contribution in [1.29, 1.82) is 0 Å². The highest BCUT2D eigenvalue weighted by Crippen LogP contribution is 2.31. The van der Waals surface area contributed by atoms with Crippen molar-refractivity contribution in [1.82, 2.24) is 9.97 Å². The molecule has 2 aromatic rings. The largest absolute Gasteiger partial charge is 0.460 e. The molecule has 0 atom stereocenters. The molecule has 0 unspecified atom stereocenters. The topological polar surface area (TPSA) is 38.9 Å². The predicted octanol–water partition coefficient (Wildman–Crippen LogP) is 4.76. The van der Waals surface area contributed by atoms with E-state index in [-0.39, 0.29) is 0 Å². The number of hydrogen-bond donors (Lipinski definition) is 0. The normalized spacial score (nSPS) is 10.8. The van der Waals surface area contributed by atoms with Crippen molar-refractivity contribution >= 4 is 39.1 Å². The molecule has 0 aliphatic carbocycles. The van der Waals surface area contributed by atoms with E-state index in [0.717, 1.165) is 22.9 Å². The van der Waals surface area contributed by atoms with Crippen LogP contribution >= 0.6 is 39.1 Å². The summed E-state index contributed by atoms with van der Waals surface area (Å²) in [7, 11) is 0. The van der Waals surface area contributed by atoms with Gasteiger partial charge in [-0.25, -0.2) is 9.97 Å². The van der Waals surface area contributed by atoms with Gasteiger partial charge in [-0.1, -0.05) is 36.5 Å². The van der Waals surface area contributed by atoms with E-state index >= 15 is 0 Å². The molecule has 6 heteroatoms. The summed E-state index contributed by atoms with van der Waals surface area (Å²) in [6.45, 7) is 2.05. The minimum absolute atomic E-state index is 0.380. The lowest BCUT2D eigenvalue weighted by Gasteiger charge is -2.06. The molecule has 0 radical (unpaired) electrons. The molecule has 0 bridgehead atoms. The summed E-state index contributed by atoms with van der Waals surface area (Å²) in [6, 6.07) is 1.76. The van der Waals surface area contributed by atoms with E-state index in [1.807, 2.05) is 6.92 Å². The van der Waals surface area contributed by atoms with E-state index in [1.54, 1.807) is 12.3 Å². The van der Waals surface area contributed by atoms with E-state index in [4.69, 9.17) is 27.6 Å². The molecule has 2 heterocycles. The summed E-state index contributed by atoms with van der Waals surface area (Å²) in [5.74, 6) is 0.911. The lowest BCUT2D eigenvalue weighted by Crippen LogP contribution is -1.97. The van der Waals surface area contributed by atoms with E-state index in [9.17, 15) is 0 Å². The zero-order valence-electron chi connectivity index (χ0n) is 9.01. The Morgan fingerprint density at radius 3 is 2.41 bits per heavy atom. The molecule has 0 fully saturated rings. The van der Waals surface area contributed by atoms with Gasteiger partial charge >= 0.3 is 0 Å². The first-order valence-electron chi connectivity index (χ1n) is 5.08. The number of hydrogen-bond acceptors (Lipinski definition) is 3. The SMILES string of the molecule is CCCc1c(Cl)nc(-c2occc2Br)nc1Cl. The zero-order valence-corrected chi connectivity index (χ0v) is 12.1. The van der Waals surface area contributed by atoms with Gasteiger partial charge in [0.25, 0.3) is 0 Å². The average Bonchev–Trinajstić information content (AvgIpc) is 2.69. The van der Waals surface area contributed by atoms with Gasteiger partial charge in [0.05, 0.1) is 10.7 Å².